The number of hydrogen-bond donors (Lipinski definition) is 2. The van der Waals surface area contributed by atoms with Crippen molar-refractivity contribution in [1.82, 2.24) is 9.97 Å². The van der Waals surface area contributed by atoms with E-state index in [1.807, 2.05) is 18.2 Å². The zero-order valence-corrected chi connectivity index (χ0v) is 9.48. The number of imidazole rings is 1. The summed E-state index contributed by atoms with van der Waals surface area (Å²) in [5, 5.41) is 1.54. The number of nitrogens with zero attached hydrogens (tertiary/aromatic N) is 1. The van der Waals surface area contributed by atoms with Gasteiger partial charge in [-0.05, 0) is 17.7 Å². The van der Waals surface area contributed by atoms with Crippen molar-refractivity contribution in [3.63, 3.8) is 0 Å². The maximum absolute atomic E-state index is 6.11. The van der Waals surface area contributed by atoms with E-state index in [2.05, 4.69) is 9.97 Å². The first-order chi connectivity index (χ1) is 7.29. The Morgan fingerprint density at radius 2 is 2.33 bits per heavy atom. The highest BCUT2D eigenvalue weighted by Gasteiger charge is 2.04. The molecule has 0 aliphatic carbocycles. The highest BCUT2D eigenvalue weighted by molar-refractivity contribution is 7.99. The Morgan fingerprint density at radius 3 is 2.93 bits per heavy atom. The molecule has 1 heterocycles. The molecule has 0 bridgehead atoms. The maximum atomic E-state index is 6.11. The molecule has 0 spiro atoms. The Labute approximate surface area is 97.0 Å². The van der Waals surface area contributed by atoms with Crippen molar-refractivity contribution >= 4 is 23.4 Å². The molecule has 0 fully saturated rings. The highest BCUT2D eigenvalue weighted by atomic mass is 35.5. The molecule has 0 saturated carbocycles. The molecular formula is C10H10ClN3S. The van der Waals surface area contributed by atoms with E-state index in [1.54, 1.807) is 12.4 Å². The fourth-order valence-electron chi connectivity index (χ4n) is 1.16. The van der Waals surface area contributed by atoms with E-state index in [0.717, 1.165) is 15.6 Å². The van der Waals surface area contributed by atoms with Gasteiger partial charge in [-0.15, -0.1) is 0 Å². The smallest absolute Gasteiger partial charge is 0.170 e. The van der Waals surface area contributed by atoms with Gasteiger partial charge < -0.3 is 10.7 Å². The summed E-state index contributed by atoms with van der Waals surface area (Å²) in [5.74, 6) is 0. The number of nitrogens with two attached hydrogens (primary N) is 1. The SMILES string of the molecule is NCc1ccc(Sc2ncc[nH]2)c(Cl)c1. The minimum absolute atomic E-state index is 0.505. The molecule has 1 aromatic heterocycles. The summed E-state index contributed by atoms with van der Waals surface area (Å²) in [6, 6.07) is 5.81. The second-order valence-corrected chi connectivity index (χ2v) is 4.40. The van der Waals surface area contributed by atoms with Crippen LogP contribution in [0.4, 0.5) is 0 Å². The number of aromatic amines is 1. The van der Waals surface area contributed by atoms with Gasteiger partial charge >= 0.3 is 0 Å². The van der Waals surface area contributed by atoms with Crippen molar-refractivity contribution in [2.75, 3.05) is 0 Å². The molecule has 5 heteroatoms. The Bertz CT molecular complexity index is 442. The Balaban J connectivity index is 2.22. The molecule has 3 nitrogen and oxygen atoms in total. The van der Waals surface area contributed by atoms with Gasteiger partial charge in [0.1, 0.15) is 0 Å². The molecule has 1 aromatic carbocycles. The van der Waals surface area contributed by atoms with Crippen molar-refractivity contribution in [2.24, 2.45) is 5.73 Å². The number of benzene rings is 1. The third-order valence-corrected chi connectivity index (χ3v) is 3.33. The zero-order valence-electron chi connectivity index (χ0n) is 7.90. The first-order valence-corrected chi connectivity index (χ1v) is 5.65. The number of rotatable bonds is 3. The van der Waals surface area contributed by atoms with Crippen LogP contribution in [0.3, 0.4) is 0 Å². The molecule has 0 aliphatic rings. The summed E-state index contributed by atoms with van der Waals surface area (Å²) >= 11 is 7.61. The highest BCUT2D eigenvalue weighted by Crippen LogP contribution is 2.31. The molecule has 78 valence electrons. The van der Waals surface area contributed by atoms with Crippen LogP contribution in [0.15, 0.2) is 40.6 Å². The monoisotopic (exact) mass is 239 g/mol. The Hall–Kier alpha value is -0.970. The average molecular weight is 240 g/mol. The molecule has 0 atom stereocenters. The van der Waals surface area contributed by atoms with E-state index < -0.39 is 0 Å². The topological polar surface area (TPSA) is 54.7 Å². The summed E-state index contributed by atoms with van der Waals surface area (Å²) in [5.41, 5.74) is 6.55. The first-order valence-electron chi connectivity index (χ1n) is 4.45. The van der Waals surface area contributed by atoms with Crippen molar-refractivity contribution < 1.29 is 0 Å². The van der Waals surface area contributed by atoms with Gasteiger partial charge in [-0.3, -0.25) is 0 Å². The molecular weight excluding hydrogens is 230 g/mol. The Morgan fingerprint density at radius 1 is 1.47 bits per heavy atom. The summed E-state index contributed by atoms with van der Waals surface area (Å²) in [7, 11) is 0. The van der Waals surface area contributed by atoms with Gasteiger partial charge in [0.15, 0.2) is 5.16 Å². The second kappa shape index (κ2) is 4.70. The number of hydrogen-bond acceptors (Lipinski definition) is 3. The molecule has 3 N–H and O–H groups in total. The van der Waals surface area contributed by atoms with Gasteiger partial charge in [0.2, 0.25) is 0 Å². The lowest BCUT2D eigenvalue weighted by Gasteiger charge is -2.03. The lowest BCUT2D eigenvalue weighted by molar-refractivity contribution is 1.05. The van der Waals surface area contributed by atoms with Gasteiger partial charge in [-0.1, -0.05) is 29.4 Å². The van der Waals surface area contributed by atoms with Crippen molar-refractivity contribution in [3.8, 4) is 0 Å². The largest absolute Gasteiger partial charge is 0.339 e. The quantitative estimate of drug-likeness (QED) is 0.866. The van der Waals surface area contributed by atoms with Crippen molar-refractivity contribution in [3.05, 3.63) is 41.2 Å². The minimum atomic E-state index is 0.505. The van der Waals surface area contributed by atoms with Gasteiger partial charge in [0.25, 0.3) is 0 Å². The lowest BCUT2D eigenvalue weighted by atomic mass is 10.2. The average Bonchev–Trinajstić information content (AvgIpc) is 2.74. The van der Waals surface area contributed by atoms with Gasteiger partial charge in [0, 0.05) is 23.8 Å². The fourth-order valence-corrected chi connectivity index (χ4v) is 2.23. The molecule has 0 amide bonds. The molecule has 0 saturated heterocycles. The van der Waals surface area contributed by atoms with Crippen molar-refractivity contribution in [2.45, 2.75) is 16.6 Å². The van der Waals surface area contributed by atoms with Crippen molar-refractivity contribution in [1.29, 1.82) is 0 Å². The Kier molecular flexibility index (Phi) is 3.30. The van der Waals surface area contributed by atoms with Gasteiger partial charge in [-0.25, -0.2) is 4.98 Å². The van der Waals surface area contributed by atoms with E-state index in [4.69, 9.17) is 17.3 Å². The molecule has 2 aromatic rings. The van der Waals surface area contributed by atoms with Crippen LogP contribution in [0.5, 0.6) is 0 Å². The lowest BCUT2D eigenvalue weighted by Crippen LogP contribution is -1.95. The number of H-pyrrole nitrogens is 1. The van der Waals surface area contributed by atoms with Crippen LogP contribution in [0.25, 0.3) is 0 Å². The first kappa shape index (κ1) is 10.5. The van der Waals surface area contributed by atoms with Gasteiger partial charge in [0.05, 0.1) is 5.02 Å². The van der Waals surface area contributed by atoms with E-state index in [-0.39, 0.29) is 0 Å². The fraction of sp³-hybridized carbons (Fsp3) is 0.100. The number of halogens is 1. The summed E-state index contributed by atoms with van der Waals surface area (Å²) in [6.07, 6.45) is 3.50. The van der Waals surface area contributed by atoms with E-state index >= 15 is 0 Å². The third kappa shape index (κ3) is 2.53. The van der Waals surface area contributed by atoms with Crippen LogP contribution in [0, 0.1) is 0 Å². The molecule has 0 radical (unpaired) electrons. The molecule has 0 unspecified atom stereocenters. The summed E-state index contributed by atoms with van der Waals surface area (Å²) < 4.78 is 0. The number of nitrogens with one attached hydrogen (secondary N) is 1. The van der Waals surface area contributed by atoms with Crippen LogP contribution >= 0.6 is 23.4 Å². The normalized spacial score (nSPS) is 10.5. The van der Waals surface area contributed by atoms with E-state index in [9.17, 15) is 0 Å². The van der Waals surface area contributed by atoms with Crippen LogP contribution < -0.4 is 5.73 Å². The minimum Gasteiger partial charge on any atom is -0.339 e. The summed E-state index contributed by atoms with van der Waals surface area (Å²) in [6.45, 7) is 0.505. The van der Waals surface area contributed by atoms with E-state index in [0.29, 0.717) is 11.6 Å². The van der Waals surface area contributed by atoms with Crippen LogP contribution in [-0.4, -0.2) is 9.97 Å². The van der Waals surface area contributed by atoms with Crippen LogP contribution in [0.2, 0.25) is 5.02 Å². The molecule has 15 heavy (non-hydrogen) atoms. The third-order valence-electron chi connectivity index (χ3n) is 1.91. The number of aromatic nitrogens is 2. The molecule has 2 rings (SSSR count). The predicted octanol–water partition coefficient (Wildman–Crippen LogP) is 2.67. The van der Waals surface area contributed by atoms with Crippen LogP contribution in [0.1, 0.15) is 5.56 Å². The molecule has 0 aliphatic heterocycles. The zero-order chi connectivity index (χ0) is 10.7. The predicted molar refractivity (Wildman–Crippen MR) is 62.1 cm³/mol. The maximum Gasteiger partial charge on any atom is 0.170 e. The standard InChI is InChI=1S/C10H10ClN3S/c11-8-5-7(6-12)1-2-9(8)15-10-13-3-4-14-10/h1-5H,6,12H2,(H,13,14). The van der Waals surface area contributed by atoms with Gasteiger partial charge in [-0.2, -0.15) is 0 Å². The second-order valence-electron chi connectivity index (χ2n) is 2.97. The van der Waals surface area contributed by atoms with Crippen LogP contribution in [-0.2, 0) is 6.54 Å². The van der Waals surface area contributed by atoms with E-state index in [1.165, 1.54) is 11.8 Å². The summed E-state index contributed by atoms with van der Waals surface area (Å²) in [4.78, 5) is 8.11.